The Labute approximate surface area is 115 Å². The average molecular weight is 266 g/mol. The Morgan fingerprint density at radius 2 is 2.42 bits per heavy atom. The van der Waals surface area contributed by atoms with Gasteiger partial charge in [0, 0.05) is 37.9 Å². The van der Waals surface area contributed by atoms with Gasteiger partial charge in [-0.05, 0) is 26.5 Å². The maximum atomic E-state index is 5.56. The van der Waals surface area contributed by atoms with Crippen LogP contribution in [0.4, 0.5) is 0 Å². The number of likely N-dealkylation sites (N-methyl/N-ethyl adjacent to an activating group) is 1. The minimum Gasteiger partial charge on any atom is -0.378 e. The standard InChI is InChI=1S/C14H26N4O/c1-4-12(2)18-6-5-13(16-18)10-17-7-8-19-11-14(17)9-15-3/h5-6,12,14-15H,4,7-11H2,1-3H3. The summed E-state index contributed by atoms with van der Waals surface area (Å²) in [7, 11) is 1.99. The molecule has 1 fully saturated rings. The molecule has 0 aliphatic carbocycles. The van der Waals surface area contributed by atoms with Gasteiger partial charge in [-0.1, -0.05) is 6.92 Å². The van der Waals surface area contributed by atoms with Gasteiger partial charge < -0.3 is 10.1 Å². The second-order valence-corrected chi connectivity index (χ2v) is 5.30. The van der Waals surface area contributed by atoms with E-state index < -0.39 is 0 Å². The van der Waals surface area contributed by atoms with Crippen molar-refractivity contribution in [2.24, 2.45) is 0 Å². The van der Waals surface area contributed by atoms with E-state index in [-0.39, 0.29) is 0 Å². The van der Waals surface area contributed by atoms with Gasteiger partial charge in [-0.25, -0.2) is 0 Å². The Morgan fingerprint density at radius 3 is 3.16 bits per heavy atom. The predicted molar refractivity (Wildman–Crippen MR) is 76.2 cm³/mol. The van der Waals surface area contributed by atoms with Crippen LogP contribution in [0.5, 0.6) is 0 Å². The Balaban J connectivity index is 1.96. The molecular weight excluding hydrogens is 240 g/mol. The van der Waals surface area contributed by atoms with Crippen LogP contribution in [0.2, 0.25) is 0 Å². The molecule has 0 saturated carbocycles. The lowest BCUT2D eigenvalue weighted by molar-refractivity contribution is -0.0109. The molecule has 19 heavy (non-hydrogen) atoms. The van der Waals surface area contributed by atoms with Crippen molar-refractivity contribution in [1.82, 2.24) is 20.0 Å². The van der Waals surface area contributed by atoms with Crippen molar-refractivity contribution >= 4 is 0 Å². The molecule has 1 aliphatic heterocycles. The van der Waals surface area contributed by atoms with Gasteiger partial charge in [0.15, 0.2) is 0 Å². The van der Waals surface area contributed by atoms with Crippen LogP contribution < -0.4 is 5.32 Å². The largest absolute Gasteiger partial charge is 0.378 e. The number of ether oxygens (including phenoxy) is 1. The molecular formula is C14H26N4O. The highest BCUT2D eigenvalue weighted by Gasteiger charge is 2.23. The SMILES string of the molecule is CCC(C)n1ccc(CN2CCOCC2CNC)n1. The van der Waals surface area contributed by atoms with E-state index in [1.54, 1.807) is 0 Å². The van der Waals surface area contributed by atoms with Crippen molar-refractivity contribution in [3.63, 3.8) is 0 Å². The maximum absolute atomic E-state index is 5.56. The van der Waals surface area contributed by atoms with Gasteiger partial charge >= 0.3 is 0 Å². The van der Waals surface area contributed by atoms with Crippen molar-refractivity contribution in [1.29, 1.82) is 0 Å². The highest BCUT2D eigenvalue weighted by atomic mass is 16.5. The van der Waals surface area contributed by atoms with Crippen molar-refractivity contribution in [2.45, 2.75) is 38.9 Å². The van der Waals surface area contributed by atoms with Gasteiger partial charge in [0.25, 0.3) is 0 Å². The number of rotatable bonds is 6. The Hall–Kier alpha value is -0.910. The van der Waals surface area contributed by atoms with Gasteiger partial charge in [0.1, 0.15) is 0 Å². The Morgan fingerprint density at radius 1 is 1.58 bits per heavy atom. The predicted octanol–water partition coefficient (Wildman–Crippen LogP) is 1.27. The summed E-state index contributed by atoms with van der Waals surface area (Å²) in [6.07, 6.45) is 3.21. The summed E-state index contributed by atoms with van der Waals surface area (Å²) in [6.45, 7) is 8.90. The van der Waals surface area contributed by atoms with Crippen molar-refractivity contribution in [3.05, 3.63) is 18.0 Å². The van der Waals surface area contributed by atoms with Gasteiger partial charge in [0.2, 0.25) is 0 Å². The van der Waals surface area contributed by atoms with Crippen LogP contribution in [0, 0.1) is 0 Å². The minimum atomic E-state index is 0.451. The van der Waals surface area contributed by atoms with E-state index in [0.717, 1.165) is 45.0 Å². The number of nitrogens with zero attached hydrogens (tertiary/aromatic N) is 3. The molecule has 1 aromatic heterocycles. The molecule has 5 heteroatoms. The molecule has 2 rings (SSSR count). The van der Waals surface area contributed by atoms with Crippen molar-refractivity contribution < 1.29 is 4.74 Å². The van der Waals surface area contributed by atoms with Crippen LogP contribution in [-0.2, 0) is 11.3 Å². The summed E-state index contributed by atoms with van der Waals surface area (Å²) in [5.41, 5.74) is 1.16. The molecule has 1 N–H and O–H groups in total. The zero-order valence-corrected chi connectivity index (χ0v) is 12.3. The first kappa shape index (κ1) is 14.5. The number of hydrogen-bond donors (Lipinski definition) is 1. The topological polar surface area (TPSA) is 42.3 Å². The molecule has 0 aromatic carbocycles. The van der Waals surface area contributed by atoms with Gasteiger partial charge in [-0.3, -0.25) is 9.58 Å². The Bertz CT molecular complexity index is 377. The van der Waals surface area contributed by atoms with Crippen LogP contribution in [0.1, 0.15) is 32.0 Å². The summed E-state index contributed by atoms with van der Waals surface area (Å²) in [5, 5.41) is 7.92. The van der Waals surface area contributed by atoms with Crippen LogP contribution in [0.15, 0.2) is 12.3 Å². The molecule has 0 bridgehead atoms. The van der Waals surface area contributed by atoms with E-state index in [4.69, 9.17) is 4.74 Å². The molecule has 108 valence electrons. The van der Waals surface area contributed by atoms with E-state index in [0.29, 0.717) is 12.1 Å². The minimum absolute atomic E-state index is 0.451. The fraction of sp³-hybridized carbons (Fsp3) is 0.786. The van der Waals surface area contributed by atoms with Crippen LogP contribution >= 0.6 is 0 Å². The molecule has 1 aliphatic rings. The molecule has 2 unspecified atom stereocenters. The van der Waals surface area contributed by atoms with Crippen molar-refractivity contribution in [2.75, 3.05) is 33.4 Å². The lowest BCUT2D eigenvalue weighted by atomic mass is 10.2. The van der Waals surface area contributed by atoms with E-state index in [1.807, 2.05) is 7.05 Å². The molecule has 2 atom stereocenters. The molecule has 2 heterocycles. The molecule has 5 nitrogen and oxygen atoms in total. The summed E-state index contributed by atoms with van der Waals surface area (Å²) in [4.78, 5) is 2.46. The lowest BCUT2D eigenvalue weighted by Crippen LogP contribution is -2.49. The monoisotopic (exact) mass is 266 g/mol. The van der Waals surface area contributed by atoms with Crippen LogP contribution in [0.3, 0.4) is 0 Å². The number of morpholine rings is 1. The second-order valence-electron chi connectivity index (χ2n) is 5.30. The molecule has 0 amide bonds. The van der Waals surface area contributed by atoms with E-state index in [9.17, 15) is 0 Å². The first-order valence-electron chi connectivity index (χ1n) is 7.25. The second kappa shape index (κ2) is 7.03. The van der Waals surface area contributed by atoms with Gasteiger partial charge in [0.05, 0.1) is 18.9 Å². The van der Waals surface area contributed by atoms with E-state index >= 15 is 0 Å². The first-order chi connectivity index (χ1) is 9.24. The normalized spacial score (nSPS) is 22.6. The third kappa shape index (κ3) is 3.78. The van der Waals surface area contributed by atoms with Crippen molar-refractivity contribution in [3.8, 4) is 0 Å². The molecule has 0 spiro atoms. The first-order valence-corrected chi connectivity index (χ1v) is 7.25. The third-order valence-corrected chi connectivity index (χ3v) is 3.86. The highest BCUT2D eigenvalue weighted by Crippen LogP contribution is 2.13. The summed E-state index contributed by atoms with van der Waals surface area (Å²) in [5.74, 6) is 0. The lowest BCUT2D eigenvalue weighted by Gasteiger charge is -2.34. The number of aromatic nitrogens is 2. The van der Waals surface area contributed by atoms with E-state index in [2.05, 4.69) is 46.1 Å². The van der Waals surface area contributed by atoms with Crippen LogP contribution in [0.25, 0.3) is 0 Å². The molecule has 1 saturated heterocycles. The summed E-state index contributed by atoms with van der Waals surface area (Å²) < 4.78 is 7.63. The zero-order chi connectivity index (χ0) is 13.7. The zero-order valence-electron chi connectivity index (χ0n) is 12.3. The molecule has 1 aromatic rings. The average Bonchev–Trinajstić information content (AvgIpc) is 2.89. The summed E-state index contributed by atoms with van der Waals surface area (Å²) >= 11 is 0. The van der Waals surface area contributed by atoms with E-state index in [1.165, 1.54) is 0 Å². The fourth-order valence-electron chi connectivity index (χ4n) is 2.42. The maximum Gasteiger partial charge on any atom is 0.0765 e. The third-order valence-electron chi connectivity index (χ3n) is 3.86. The van der Waals surface area contributed by atoms with Gasteiger partial charge in [-0.2, -0.15) is 5.10 Å². The fourth-order valence-corrected chi connectivity index (χ4v) is 2.42. The Kier molecular flexibility index (Phi) is 5.36. The number of nitrogens with one attached hydrogen (secondary N) is 1. The highest BCUT2D eigenvalue weighted by molar-refractivity contribution is 5.00. The smallest absolute Gasteiger partial charge is 0.0765 e. The molecule has 0 radical (unpaired) electrons. The van der Waals surface area contributed by atoms with Gasteiger partial charge in [-0.15, -0.1) is 0 Å². The summed E-state index contributed by atoms with van der Waals surface area (Å²) in [6, 6.07) is 3.07. The number of hydrogen-bond acceptors (Lipinski definition) is 4. The quantitative estimate of drug-likeness (QED) is 0.842. The van der Waals surface area contributed by atoms with Crippen LogP contribution in [-0.4, -0.2) is 54.1 Å².